The van der Waals surface area contributed by atoms with E-state index >= 15 is 0 Å². The lowest BCUT2D eigenvalue weighted by Gasteiger charge is -1.97. The molecule has 0 aliphatic rings. The average molecular weight is 237 g/mol. The molecule has 16 heavy (non-hydrogen) atoms. The van der Waals surface area contributed by atoms with Crippen LogP contribution in [0.25, 0.3) is 10.2 Å². The lowest BCUT2D eigenvalue weighted by Crippen LogP contribution is -2.15. The molecule has 0 saturated heterocycles. The highest BCUT2D eigenvalue weighted by Gasteiger charge is 2.16. The van der Waals surface area contributed by atoms with E-state index in [1.807, 2.05) is 13.8 Å². The predicted molar refractivity (Wildman–Crippen MR) is 63.5 cm³/mol. The summed E-state index contributed by atoms with van der Waals surface area (Å²) in [6, 6.07) is 0. The lowest BCUT2D eigenvalue weighted by atomic mass is 10.1. The minimum Gasteiger partial charge on any atom is -0.477 e. The summed E-state index contributed by atoms with van der Waals surface area (Å²) in [5, 5.41) is 9.41. The van der Waals surface area contributed by atoms with Crippen molar-refractivity contribution < 1.29 is 9.90 Å². The molecule has 2 aromatic rings. The number of rotatable bonds is 2. The second-order valence-corrected chi connectivity index (χ2v) is 4.76. The molecule has 4 nitrogen and oxygen atoms in total. The number of fused-ring (bicyclic) bond motifs is 1. The van der Waals surface area contributed by atoms with Gasteiger partial charge in [-0.25, -0.2) is 4.79 Å². The molecular formula is C11H11NO3S. The monoisotopic (exact) mass is 237 g/mol. The molecule has 84 valence electrons. The summed E-state index contributed by atoms with van der Waals surface area (Å²) in [5.74, 6) is -1.19. The topological polar surface area (TPSA) is 70.2 Å². The Morgan fingerprint density at radius 1 is 1.56 bits per heavy atom. The van der Waals surface area contributed by atoms with Crippen LogP contribution < -0.4 is 5.43 Å². The van der Waals surface area contributed by atoms with Gasteiger partial charge in [-0.15, -0.1) is 11.3 Å². The lowest BCUT2D eigenvalue weighted by molar-refractivity contribution is 0.0695. The van der Waals surface area contributed by atoms with Crippen LogP contribution in [0.3, 0.4) is 0 Å². The smallest absolute Gasteiger partial charge is 0.341 e. The van der Waals surface area contributed by atoms with Crippen molar-refractivity contribution in [3.8, 4) is 0 Å². The summed E-state index contributed by atoms with van der Waals surface area (Å²) < 4.78 is 0. The molecule has 0 aliphatic carbocycles. The van der Waals surface area contributed by atoms with Crippen molar-refractivity contribution >= 4 is 27.5 Å². The van der Waals surface area contributed by atoms with Crippen molar-refractivity contribution in [2.45, 2.75) is 20.3 Å². The van der Waals surface area contributed by atoms with Gasteiger partial charge in [-0.2, -0.15) is 0 Å². The number of pyridine rings is 1. The highest BCUT2D eigenvalue weighted by molar-refractivity contribution is 7.18. The fourth-order valence-corrected chi connectivity index (χ4v) is 2.95. The molecule has 2 aromatic heterocycles. The van der Waals surface area contributed by atoms with Crippen LogP contribution in [0.1, 0.15) is 27.7 Å². The molecule has 2 heterocycles. The van der Waals surface area contributed by atoms with E-state index in [0.717, 1.165) is 21.7 Å². The van der Waals surface area contributed by atoms with Gasteiger partial charge in [0.05, 0.1) is 5.39 Å². The number of H-pyrrole nitrogens is 1. The van der Waals surface area contributed by atoms with Crippen molar-refractivity contribution in [3.05, 3.63) is 32.4 Å². The maximum Gasteiger partial charge on any atom is 0.341 e. The number of aryl methyl sites for hydroxylation is 2. The van der Waals surface area contributed by atoms with Crippen LogP contribution in [0.4, 0.5) is 0 Å². The minimum absolute atomic E-state index is 0.194. The molecule has 0 atom stereocenters. The summed E-state index contributed by atoms with van der Waals surface area (Å²) in [6.07, 6.45) is 2.00. The van der Waals surface area contributed by atoms with Crippen LogP contribution in [0.5, 0.6) is 0 Å². The van der Waals surface area contributed by atoms with E-state index in [9.17, 15) is 9.59 Å². The quantitative estimate of drug-likeness (QED) is 0.840. The van der Waals surface area contributed by atoms with Crippen molar-refractivity contribution in [2.24, 2.45) is 0 Å². The second kappa shape index (κ2) is 3.75. The summed E-state index contributed by atoms with van der Waals surface area (Å²) in [7, 11) is 0. The summed E-state index contributed by atoms with van der Waals surface area (Å²) in [5.41, 5.74) is 0.367. The molecule has 0 aromatic carbocycles. The number of thiophene rings is 1. The van der Waals surface area contributed by atoms with Gasteiger partial charge in [-0.1, -0.05) is 6.92 Å². The number of nitrogens with one attached hydrogen (secondary N) is 1. The summed E-state index contributed by atoms with van der Waals surface area (Å²) >= 11 is 1.49. The Kier molecular flexibility index (Phi) is 2.55. The van der Waals surface area contributed by atoms with Gasteiger partial charge in [0, 0.05) is 11.1 Å². The van der Waals surface area contributed by atoms with Gasteiger partial charge in [-0.05, 0) is 18.9 Å². The number of aromatic amines is 1. The predicted octanol–water partition coefficient (Wildman–Crippen LogP) is 2.16. The number of carboxylic acid groups (broad SMARTS) is 1. The van der Waals surface area contributed by atoms with Gasteiger partial charge in [0.2, 0.25) is 5.43 Å². The normalized spacial score (nSPS) is 10.9. The number of carboxylic acids is 1. The van der Waals surface area contributed by atoms with Crippen LogP contribution in [0, 0.1) is 6.92 Å². The Balaban J connectivity index is 2.92. The zero-order valence-corrected chi connectivity index (χ0v) is 9.77. The number of aromatic carboxylic acids is 1. The molecule has 0 radical (unpaired) electrons. The van der Waals surface area contributed by atoms with Gasteiger partial charge < -0.3 is 10.1 Å². The average Bonchev–Trinajstić information content (AvgIpc) is 2.54. The third-order valence-electron chi connectivity index (χ3n) is 2.61. The number of hydrogen-bond acceptors (Lipinski definition) is 3. The zero-order chi connectivity index (χ0) is 11.9. The van der Waals surface area contributed by atoms with E-state index in [2.05, 4.69) is 4.98 Å². The Hall–Kier alpha value is -1.62. The Morgan fingerprint density at radius 3 is 2.81 bits per heavy atom. The van der Waals surface area contributed by atoms with Gasteiger partial charge in [0.25, 0.3) is 0 Å². The van der Waals surface area contributed by atoms with E-state index in [1.54, 1.807) is 0 Å². The van der Waals surface area contributed by atoms with E-state index in [0.29, 0.717) is 5.39 Å². The van der Waals surface area contributed by atoms with E-state index in [-0.39, 0.29) is 11.0 Å². The molecular weight excluding hydrogens is 226 g/mol. The first kappa shape index (κ1) is 10.9. The van der Waals surface area contributed by atoms with Gasteiger partial charge in [-0.3, -0.25) is 4.79 Å². The SMILES string of the molecule is CCc1c(C)sc2[nH]cc(C(=O)O)c(=O)c12. The summed E-state index contributed by atoms with van der Waals surface area (Å²) in [6.45, 7) is 3.90. The van der Waals surface area contributed by atoms with E-state index < -0.39 is 5.97 Å². The minimum atomic E-state index is -1.19. The number of carbonyl (C=O) groups is 1. The molecule has 0 spiro atoms. The summed E-state index contributed by atoms with van der Waals surface area (Å²) in [4.78, 5) is 27.5. The Morgan fingerprint density at radius 2 is 2.25 bits per heavy atom. The first-order chi connectivity index (χ1) is 7.56. The molecule has 2 rings (SSSR count). The number of hydrogen-bond donors (Lipinski definition) is 2. The molecule has 5 heteroatoms. The van der Waals surface area contributed by atoms with Crippen LogP contribution in [0.2, 0.25) is 0 Å². The standard InChI is InChI=1S/C11H11NO3S/c1-3-6-5(2)16-10-8(6)9(13)7(4-12-10)11(14)15/h4H,3H2,1-2H3,(H,12,13)(H,14,15). The van der Waals surface area contributed by atoms with Gasteiger partial charge in [0.15, 0.2) is 0 Å². The second-order valence-electron chi connectivity index (χ2n) is 3.53. The molecule has 0 bridgehead atoms. The Bertz CT molecular complexity index is 624. The van der Waals surface area contributed by atoms with Crippen LogP contribution in [-0.2, 0) is 6.42 Å². The molecule has 0 saturated carbocycles. The molecule has 2 N–H and O–H groups in total. The largest absolute Gasteiger partial charge is 0.477 e. The van der Waals surface area contributed by atoms with Crippen molar-refractivity contribution in [2.75, 3.05) is 0 Å². The van der Waals surface area contributed by atoms with Crippen LogP contribution in [0.15, 0.2) is 11.0 Å². The molecule has 0 unspecified atom stereocenters. The molecule has 0 amide bonds. The third-order valence-corrected chi connectivity index (χ3v) is 3.69. The number of aromatic nitrogens is 1. The van der Waals surface area contributed by atoms with E-state index in [1.165, 1.54) is 17.5 Å². The Labute approximate surface area is 95.6 Å². The van der Waals surface area contributed by atoms with Crippen molar-refractivity contribution in [3.63, 3.8) is 0 Å². The maximum absolute atomic E-state index is 12.0. The van der Waals surface area contributed by atoms with Crippen molar-refractivity contribution in [1.29, 1.82) is 0 Å². The van der Waals surface area contributed by atoms with Crippen LogP contribution in [-0.4, -0.2) is 16.1 Å². The first-order valence-corrected chi connectivity index (χ1v) is 5.74. The van der Waals surface area contributed by atoms with Gasteiger partial charge in [0.1, 0.15) is 10.4 Å². The van der Waals surface area contributed by atoms with Crippen molar-refractivity contribution in [1.82, 2.24) is 4.98 Å². The highest BCUT2D eigenvalue weighted by atomic mass is 32.1. The zero-order valence-electron chi connectivity index (χ0n) is 8.96. The molecule has 0 aliphatic heterocycles. The molecule has 0 fully saturated rings. The third kappa shape index (κ3) is 1.44. The maximum atomic E-state index is 12.0. The fraction of sp³-hybridized carbons (Fsp3) is 0.273. The van der Waals surface area contributed by atoms with Crippen LogP contribution >= 0.6 is 11.3 Å². The fourth-order valence-electron chi connectivity index (χ4n) is 1.84. The van der Waals surface area contributed by atoms with Gasteiger partial charge >= 0.3 is 5.97 Å². The highest BCUT2D eigenvalue weighted by Crippen LogP contribution is 2.27. The first-order valence-electron chi connectivity index (χ1n) is 4.93. The van der Waals surface area contributed by atoms with E-state index in [4.69, 9.17) is 5.11 Å².